The van der Waals surface area contributed by atoms with Crippen LogP contribution < -0.4 is 4.31 Å². The highest BCUT2D eigenvalue weighted by Crippen LogP contribution is 2.26. The molecule has 22 heavy (non-hydrogen) atoms. The van der Waals surface area contributed by atoms with Crippen molar-refractivity contribution in [1.82, 2.24) is 10.2 Å². The van der Waals surface area contributed by atoms with Crippen LogP contribution in [-0.4, -0.2) is 36.2 Å². The van der Waals surface area contributed by atoms with Gasteiger partial charge in [-0.15, -0.1) is 10.2 Å². The van der Waals surface area contributed by atoms with Gasteiger partial charge in [0.2, 0.25) is 5.13 Å². The Morgan fingerprint density at radius 2 is 1.86 bits per heavy atom. The van der Waals surface area contributed by atoms with Crippen LogP contribution in [-0.2, 0) is 14.8 Å². The lowest BCUT2D eigenvalue weighted by molar-refractivity contribution is -0.136. The van der Waals surface area contributed by atoms with Gasteiger partial charge in [-0.1, -0.05) is 29.0 Å². The molecule has 0 atom stereocenters. The van der Waals surface area contributed by atoms with E-state index in [1.54, 1.807) is 19.1 Å². The number of carboxylic acids is 1. The molecule has 1 N–H and O–H groups in total. The molecule has 1 aromatic heterocycles. The van der Waals surface area contributed by atoms with Gasteiger partial charge in [0.1, 0.15) is 5.01 Å². The van der Waals surface area contributed by atoms with E-state index in [0.29, 0.717) is 5.01 Å². The molecule has 2 rings (SSSR count). The number of anilines is 1. The van der Waals surface area contributed by atoms with Gasteiger partial charge < -0.3 is 5.11 Å². The Morgan fingerprint density at radius 1 is 1.23 bits per heavy atom. The highest BCUT2D eigenvalue weighted by molar-refractivity contribution is 7.93. The molecule has 0 spiro atoms. The number of sulfonamides is 1. The van der Waals surface area contributed by atoms with Gasteiger partial charge in [0, 0.05) is 6.54 Å². The number of hydrogen-bond acceptors (Lipinski definition) is 6. The zero-order valence-electron chi connectivity index (χ0n) is 12.1. The summed E-state index contributed by atoms with van der Waals surface area (Å²) in [7, 11) is -3.88. The molecule has 0 fully saturated rings. The number of carboxylic acid groups (broad SMARTS) is 1. The maximum atomic E-state index is 12.7. The molecule has 118 valence electrons. The molecule has 0 saturated carbocycles. The topological polar surface area (TPSA) is 100 Å². The van der Waals surface area contributed by atoms with Crippen LogP contribution in [0.15, 0.2) is 29.2 Å². The quantitative estimate of drug-likeness (QED) is 0.860. The third kappa shape index (κ3) is 3.60. The molecule has 0 unspecified atom stereocenters. The lowest BCUT2D eigenvalue weighted by atomic mass is 10.2. The SMILES string of the molecule is Cc1ccc(S(=O)(=O)N(CCC(=O)O)c2nnc(C)s2)cc1. The minimum atomic E-state index is -3.88. The summed E-state index contributed by atoms with van der Waals surface area (Å²) >= 11 is 1.10. The Morgan fingerprint density at radius 3 is 2.36 bits per heavy atom. The van der Waals surface area contributed by atoms with Crippen molar-refractivity contribution in [2.45, 2.75) is 25.2 Å². The van der Waals surface area contributed by atoms with Crippen molar-refractivity contribution in [3.63, 3.8) is 0 Å². The lowest BCUT2D eigenvalue weighted by Crippen LogP contribution is -2.33. The Labute approximate surface area is 132 Å². The molecule has 0 amide bonds. The van der Waals surface area contributed by atoms with Crippen LogP contribution in [0, 0.1) is 13.8 Å². The maximum Gasteiger partial charge on any atom is 0.305 e. The van der Waals surface area contributed by atoms with E-state index in [0.717, 1.165) is 21.2 Å². The smallest absolute Gasteiger partial charge is 0.305 e. The molecule has 0 aliphatic rings. The predicted octanol–water partition coefficient (Wildman–Crippen LogP) is 1.82. The van der Waals surface area contributed by atoms with Gasteiger partial charge in [0.15, 0.2) is 0 Å². The zero-order valence-corrected chi connectivity index (χ0v) is 13.7. The first-order valence-corrected chi connectivity index (χ1v) is 8.67. The number of nitrogens with zero attached hydrogens (tertiary/aromatic N) is 3. The van der Waals surface area contributed by atoms with E-state index in [-0.39, 0.29) is 23.0 Å². The number of benzene rings is 1. The van der Waals surface area contributed by atoms with Crippen molar-refractivity contribution in [1.29, 1.82) is 0 Å². The summed E-state index contributed by atoms with van der Waals surface area (Å²) in [5.41, 5.74) is 0.933. The summed E-state index contributed by atoms with van der Waals surface area (Å²) in [5.74, 6) is -1.08. The average Bonchev–Trinajstić information content (AvgIpc) is 2.85. The highest BCUT2D eigenvalue weighted by Gasteiger charge is 2.28. The molecule has 2 aromatic rings. The molecule has 1 aromatic carbocycles. The molecule has 7 nitrogen and oxygen atoms in total. The average molecular weight is 341 g/mol. The Balaban J connectivity index is 2.42. The number of aliphatic carboxylic acids is 1. The van der Waals surface area contributed by atoms with Crippen LogP contribution in [0.5, 0.6) is 0 Å². The number of carbonyl (C=O) groups is 1. The monoisotopic (exact) mass is 341 g/mol. The second kappa shape index (κ2) is 6.41. The first-order valence-electron chi connectivity index (χ1n) is 6.42. The fourth-order valence-electron chi connectivity index (χ4n) is 1.74. The molecule has 0 radical (unpaired) electrons. The predicted molar refractivity (Wildman–Crippen MR) is 82.6 cm³/mol. The number of rotatable bonds is 6. The van der Waals surface area contributed by atoms with E-state index >= 15 is 0 Å². The van der Waals surface area contributed by atoms with Crippen molar-refractivity contribution in [3.8, 4) is 0 Å². The Bertz CT molecular complexity index is 769. The van der Waals surface area contributed by atoms with Gasteiger partial charge in [-0.3, -0.25) is 4.79 Å². The second-order valence-electron chi connectivity index (χ2n) is 4.64. The number of hydrogen-bond donors (Lipinski definition) is 1. The van der Waals surface area contributed by atoms with Crippen LogP contribution in [0.3, 0.4) is 0 Å². The van der Waals surface area contributed by atoms with Gasteiger partial charge >= 0.3 is 5.97 Å². The highest BCUT2D eigenvalue weighted by atomic mass is 32.2. The maximum absolute atomic E-state index is 12.7. The van der Waals surface area contributed by atoms with E-state index in [4.69, 9.17) is 5.11 Å². The molecule has 0 aliphatic heterocycles. The Hall–Kier alpha value is -2.00. The molecule has 0 saturated heterocycles. The van der Waals surface area contributed by atoms with Crippen LogP contribution in [0.4, 0.5) is 5.13 Å². The van der Waals surface area contributed by atoms with Crippen LogP contribution >= 0.6 is 11.3 Å². The second-order valence-corrected chi connectivity index (χ2v) is 7.66. The standard InChI is InChI=1S/C13H15N3O4S2/c1-9-3-5-11(6-4-9)22(19,20)16(8-7-12(17)18)13-15-14-10(2)21-13/h3-6H,7-8H2,1-2H3,(H,17,18). The molecule has 1 heterocycles. The van der Waals surface area contributed by atoms with E-state index < -0.39 is 16.0 Å². The van der Waals surface area contributed by atoms with E-state index in [1.165, 1.54) is 12.1 Å². The first kappa shape index (κ1) is 16.4. The van der Waals surface area contributed by atoms with Crippen molar-refractivity contribution >= 4 is 32.5 Å². The summed E-state index contributed by atoms with van der Waals surface area (Å²) in [6.45, 7) is 3.36. The lowest BCUT2D eigenvalue weighted by Gasteiger charge is -2.20. The van der Waals surface area contributed by atoms with Gasteiger partial charge in [-0.05, 0) is 26.0 Å². The molecular formula is C13H15N3O4S2. The molecule has 9 heteroatoms. The van der Waals surface area contributed by atoms with Gasteiger partial charge in [0.25, 0.3) is 10.0 Å². The minimum Gasteiger partial charge on any atom is -0.481 e. The Kier molecular flexibility index (Phi) is 4.77. The van der Waals surface area contributed by atoms with Crippen LogP contribution in [0.2, 0.25) is 0 Å². The third-order valence-corrected chi connectivity index (χ3v) is 5.65. The van der Waals surface area contributed by atoms with Crippen molar-refractivity contribution < 1.29 is 18.3 Å². The number of aromatic nitrogens is 2. The van der Waals surface area contributed by atoms with Crippen molar-refractivity contribution in [2.75, 3.05) is 10.8 Å². The zero-order chi connectivity index (χ0) is 16.3. The van der Waals surface area contributed by atoms with E-state index in [9.17, 15) is 13.2 Å². The third-order valence-electron chi connectivity index (χ3n) is 2.87. The summed E-state index contributed by atoms with van der Waals surface area (Å²) in [6.07, 6.45) is -0.316. The summed E-state index contributed by atoms with van der Waals surface area (Å²) < 4.78 is 26.5. The van der Waals surface area contributed by atoms with Crippen LogP contribution in [0.1, 0.15) is 17.0 Å². The molecule has 0 bridgehead atoms. The van der Waals surface area contributed by atoms with Crippen molar-refractivity contribution in [3.05, 3.63) is 34.8 Å². The molecular weight excluding hydrogens is 326 g/mol. The minimum absolute atomic E-state index is 0.0938. The van der Waals surface area contributed by atoms with Gasteiger partial charge in [0.05, 0.1) is 11.3 Å². The van der Waals surface area contributed by atoms with E-state index in [2.05, 4.69) is 10.2 Å². The van der Waals surface area contributed by atoms with Gasteiger partial charge in [-0.2, -0.15) is 0 Å². The fraction of sp³-hybridized carbons (Fsp3) is 0.308. The van der Waals surface area contributed by atoms with Crippen molar-refractivity contribution in [2.24, 2.45) is 0 Å². The van der Waals surface area contributed by atoms with Gasteiger partial charge in [-0.25, -0.2) is 12.7 Å². The summed E-state index contributed by atoms with van der Waals surface area (Å²) in [4.78, 5) is 10.9. The summed E-state index contributed by atoms with van der Waals surface area (Å²) in [6, 6.07) is 6.36. The largest absolute Gasteiger partial charge is 0.481 e. The number of aryl methyl sites for hydroxylation is 2. The fourth-order valence-corrected chi connectivity index (χ4v) is 4.08. The van der Waals surface area contributed by atoms with E-state index in [1.807, 2.05) is 6.92 Å². The summed E-state index contributed by atoms with van der Waals surface area (Å²) in [5, 5.41) is 17.2. The van der Waals surface area contributed by atoms with Crippen LogP contribution in [0.25, 0.3) is 0 Å². The molecule has 0 aliphatic carbocycles. The first-order chi connectivity index (χ1) is 10.3. The normalized spacial score (nSPS) is 11.4.